The molecule has 2 aromatic carbocycles. The molecule has 0 saturated heterocycles. The second-order valence-corrected chi connectivity index (χ2v) is 8.52. The van der Waals surface area contributed by atoms with Gasteiger partial charge < -0.3 is 24.8 Å². The average molecular weight is 511 g/mol. The monoisotopic (exact) mass is 510 g/mol. The van der Waals surface area contributed by atoms with E-state index in [1.54, 1.807) is 32.0 Å². The molecule has 9 nitrogen and oxygen atoms in total. The molecule has 0 radical (unpaired) electrons. The van der Waals surface area contributed by atoms with E-state index >= 15 is 0 Å². The zero-order valence-electron chi connectivity index (χ0n) is 20.7. The first-order valence-electron chi connectivity index (χ1n) is 11.5. The normalized spacial score (nSPS) is 15.4. The number of nitrogens with zero attached hydrogens (tertiary/aromatic N) is 1. The number of ether oxygens (including phenoxy) is 3. The maximum Gasteiger partial charge on any atom is 0.338 e. The van der Waals surface area contributed by atoms with Crippen molar-refractivity contribution in [3.63, 3.8) is 0 Å². The van der Waals surface area contributed by atoms with Gasteiger partial charge in [0, 0.05) is 16.8 Å². The first-order chi connectivity index (χ1) is 17.3. The standard InChI is InChI=1S/C26H30N4O5S/c1-5-33-25(32)23-17(4)28-26(36)29-24(23)19-11-7-9-13-21(19)34-15-22(31)30-27-14-18-10-6-8-12-20(18)35-16(2)3/h6-14,16,24H,5,15H2,1-4H3,(H,30,31)(H2,28,29,36)/t24-/m0/s1. The molecule has 1 heterocycles. The van der Waals surface area contributed by atoms with Crippen LogP contribution in [-0.4, -0.2) is 42.5 Å². The average Bonchev–Trinajstić information content (AvgIpc) is 2.83. The second-order valence-electron chi connectivity index (χ2n) is 8.11. The molecular weight excluding hydrogens is 480 g/mol. The zero-order chi connectivity index (χ0) is 26.1. The molecule has 190 valence electrons. The number of hydrogen-bond acceptors (Lipinski definition) is 7. The predicted octanol–water partition coefficient (Wildman–Crippen LogP) is 3.36. The predicted molar refractivity (Wildman–Crippen MR) is 141 cm³/mol. The van der Waals surface area contributed by atoms with Gasteiger partial charge in [-0.3, -0.25) is 4.79 Å². The highest BCUT2D eigenvalue weighted by Gasteiger charge is 2.32. The van der Waals surface area contributed by atoms with Crippen LogP contribution >= 0.6 is 12.2 Å². The van der Waals surface area contributed by atoms with E-state index < -0.39 is 17.9 Å². The van der Waals surface area contributed by atoms with Crippen LogP contribution in [0.4, 0.5) is 0 Å². The highest BCUT2D eigenvalue weighted by molar-refractivity contribution is 7.80. The van der Waals surface area contributed by atoms with Gasteiger partial charge in [-0.1, -0.05) is 30.3 Å². The molecule has 36 heavy (non-hydrogen) atoms. The van der Waals surface area contributed by atoms with E-state index in [4.69, 9.17) is 26.4 Å². The van der Waals surface area contributed by atoms with Crippen molar-refractivity contribution >= 4 is 35.4 Å². The number of carbonyl (C=O) groups is 2. The van der Waals surface area contributed by atoms with Crippen molar-refractivity contribution in [1.29, 1.82) is 0 Å². The Bertz CT molecular complexity index is 1180. The topological polar surface area (TPSA) is 110 Å². The first-order valence-corrected chi connectivity index (χ1v) is 12.0. The zero-order valence-corrected chi connectivity index (χ0v) is 21.5. The summed E-state index contributed by atoms with van der Waals surface area (Å²) in [4.78, 5) is 25.1. The number of benzene rings is 2. The van der Waals surface area contributed by atoms with Gasteiger partial charge in [0.15, 0.2) is 11.7 Å². The summed E-state index contributed by atoms with van der Waals surface area (Å²) in [6, 6.07) is 13.9. The summed E-state index contributed by atoms with van der Waals surface area (Å²) in [5.41, 5.74) is 4.81. The van der Waals surface area contributed by atoms with Crippen molar-refractivity contribution in [3.8, 4) is 11.5 Å². The largest absolute Gasteiger partial charge is 0.490 e. The Labute approximate surface area is 215 Å². The van der Waals surface area contributed by atoms with Gasteiger partial charge in [-0.05, 0) is 58.1 Å². The number of hydrogen-bond donors (Lipinski definition) is 3. The Hall–Kier alpha value is -3.92. The van der Waals surface area contributed by atoms with Crippen molar-refractivity contribution in [1.82, 2.24) is 16.1 Å². The summed E-state index contributed by atoms with van der Waals surface area (Å²) in [5.74, 6) is 0.175. The van der Waals surface area contributed by atoms with Crippen LogP contribution in [0, 0.1) is 0 Å². The SMILES string of the molecule is CCOC(=O)C1=C(C)NC(=S)N[C@H]1c1ccccc1OCC(=O)NN=Cc1ccccc1OC(C)C. The highest BCUT2D eigenvalue weighted by Crippen LogP contribution is 2.33. The van der Waals surface area contributed by atoms with Crippen LogP contribution in [0.15, 0.2) is 64.9 Å². The smallest absolute Gasteiger partial charge is 0.338 e. The Morgan fingerprint density at radius 3 is 2.56 bits per heavy atom. The molecule has 0 bridgehead atoms. The molecule has 1 amide bonds. The van der Waals surface area contributed by atoms with Gasteiger partial charge >= 0.3 is 5.97 Å². The molecule has 1 aliphatic rings. The molecule has 0 fully saturated rings. The van der Waals surface area contributed by atoms with E-state index in [1.807, 2.05) is 44.2 Å². The quantitative estimate of drug-likeness (QED) is 0.193. The van der Waals surface area contributed by atoms with Crippen molar-refractivity contribution < 1.29 is 23.8 Å². The summed E-state index contributed by atoms with van der Waals surface area (Å²) in [6.07, 6.45) is 1.53. The molecule has 0 aromatic heterocycles. The molecule has 1 aliphatic heterocycles. The van der Waals surface area contributed by atoms with E-state index in [-0.39, 0.29) is 19.3 Å². The van der Waals surface area contributed by atoms with Crippen LogP contribution in [0.2, 0.25) is 0 Å². The molecule has 2 aromatic rings. The van der Waals surface area contributed by atoms with Gasteiger partial charge in [0.25, 0.3) is 5.91 Å². The van der Waals surface area contributed by atoms with Crippen LogP contribution in [0.3, 0.4) is 0 Å². The van der Waals surface area contributed by atoms with Crippen molar-refractivity contribution in [2.75, 3.05) is 13.2 Å². The lowest BCUT2D eigenvalue weighted by Gasteiger charge is -2.30. The third-order valence-electron chi connectivity index (χ3n) is 5.03. The third kappa shape index (κ3) is 7.05. The lowest BCUT2D eigenvalue weighted by Crippen LogP contribution is -2.45. The number of para-hydroxylation sites is 2. The number of thiocarbonyl (C=S) groups is 1. The fraction of sp³-hybridized carbons (Fsp3) is 0.308. The van der Waals surface area contributed by atoms with Gasteiger partial charge in [0.2, 0.25) is 0 Å². The minimum Gasteiger partial charge on any atom is -0.490 e. The van der Waals surface area contributed by atoms with Crippen molar-refractivity contribution in [2.45, 2.75) is 39.8 Å². The van der Waals surface area contributed by atoms with E-state index in [9.17, 15) is 9.59 Å². The fourth-order valence-corrected chi connectivity index (χ4v) is 3.83. The fourth-order valence-electron chi connectivity index (χ4n) is 3.55. The van der Waals surface area contributed by atoms with Crippen molar-refractivity contribution in [3.05, 3.63) is 70.9 Å². The molecule has 3 rings (SSSR count). The van der Waals surface area contributed by atoms with E-state index in [0.29, 0.717) is 33.4 Å². The Morgan fingerprint density at radius 1 is 1.14 bits per heavy atom. The van der Waals surface area contributed by atoms with Crippen LogP contribution in [0.25, 0.3) is 0 Å². The molecular formula is C26H30N4O5S. The number of allylic oxidation sites excluding steroid dienone is 1. The lowest BCUT2D eigenvalue weighted by atomic mass is 9.95. The minimum atomic E-state index is -0.604. The maximum atomic E-state index is 12.7. The lowest BCUT2D eigenvalue weighted by molar-refractivity contribution is -0.139. The molecule has 3 N–H and O–H groups in total. The maximum absolute atomic E-state index is 12.7. The summed E-state index contributed by atoms with van der Waals surface area (Å²) in [6.45, 7) is 7.32. The van der Waals surface area contributed by atoms with Crippen LogP contribution in [0.5, 0.6) is 11.5 Å². The van der Waals surface area contributed by atoms with Gasteiger partial charge in [0.1, 0.15) is 11.5 Å². The Balaban J connectivity index is 1.70. The number of rotatable bonds is 10. The number of hydrazone groups is 1. The van der Waals surface area contributed by atoms with Gasteiger partial charge in [-0.25, -0.2) is 10.2 Å². The first kappa shape index (κ1) is 26.7. The molecule has 0 spiro atoms. The van der Waals surface area contributed by atoms with Gasteiger partial charge in [0.05, 0.1) is 30.5 Å². The van der Waals surface area contributed by atoms with Gasteiger partial charge in [-0.2, -0.15) is 5.10 Å². The van der Waals surface area contributed by atoms with Crippen LogP contribution < -0.4 is 25.5 Å². The number of nitrogens with one attached hydrogen (secondary N) is 3. The van der Waals surface area contributed by atoms with E-state index in [1.165, 1.54) is 6.21 Å². The summed E-state index contributed by atoms with van der Waals surface area (Å²) in [7, 11) is 0. The number of esters is 1. The summed E-state index contributed by atoms with van der Waals surface area (Å²) < 4.78 is 16.8. The second kappa shape index (κ2) is 12.7. The number of carbonyl (C=O) groups excluding carboxylic acids is 2. The molecule has 0 saturated carbocycles. The van der Waals surface area contributed by atoms with Crippen LogP contribution in [-0.2, 0) is 14.3 Å². The molecule has 0 aliphatic carbocycles. The summed E-state index contributed by atoms with van der Waals surface area (Å²) >= 11 is 5.30. The Kier molecular flexibility index (Phi) is 9.40. The third-order valence-corrected chi connectivity index (χ3v) is 5.25. The number of amides is 1. The van der Waals surface area contributed by atoms with E-state index in [0.717, 1.165) is 5.56 Å². The van der Waals surface area contributed by atoms with E-state index in [2.05, 4.69) is 21.2 Å². The van der Waals surface area contributed by atoms with Crippen molar-refractivity contribution in [2.24, 2.45) is 5.10 Å². The Morgan fingerprint density at radius 2 is 1.83 bits per heavy atom. The minimum absolute atomic E-state index is 0.00868. The van der Waals surface area contributed by atoms with Gasteiger partial charge in [-0.15, -0.1) is 0 Å². The summed E-state index contributed by atoms with van der Waals surface area (Å²) in [5, 5.41) is 10.4. The molecule has 1 atom stereocenters. The molecule has 0 unspecified atom stereocenters. The molecule has 10 heteroatoms. The highest BCUT2D eigenvalue weighted by atomic mass is 32.1. The van der Waals surface area contributed by atoms with Crippen LogP contribution in [0.1, 0.15) is 44.9 Å².